The molecule has 4 nitrogen and oxygen atoms in total. The van der Waals surface area contributed by atoms with Gasteiger partial charge in [-0.25, -0.2) is 4.58 Å². The Kier molecular flexibility index (Phi) is 5.62. The summed E-state index contributed by atoms with van der Waals surface area (Å²) in [6, 6.07) is 10.4. The Morgan fingerprint density at radius 3 is 2.65 bits per heavy atom. The van der Waals surface area contributed by atoms with Gasteiger partial charge in [0.15, 0.2) is 12.8 Å². The molecule has 0 fully saturated rings. The first-order chi connectivity index (χ1) is 9.02. The van der Waals surface area contributed by atoms with Crippen molar-refractivity contribution in [2.75, 3.05) is 13.2 Å². The van der Waals surface area contributed by atoms with Gasteiger partial charge in [-0.05, 0) is 0 Å². The predicted molar refractivity (Wildman–Crippen MR) is 78.2 cm³/mol. The molecular weight excluding hydrogens is 254 g/mol. The highest BCUT2D eigenvalue weighted by Crippen LogP contribution is 2.25. The van der Waals surface area contributed by atoms with Gasteiger partial charge >= 0.3 is 0 Å². The summed E-state index contributed by atoms with van der Waals surface area (Å²) < 4.78 is 7.51. The van der Waals surface area contributed by atoms with Crippen LogP contribution < -0.4 is 0 Å². The minimum atomic E-state index is -0.819. The first-order valence-electron chi connectivity index (χ1n) is 6.61. The lowest BCUT2D eigenvalue weighted by atomic mass is 9.92. The number of rotatable bonds is 4. The van der Waals surface area contributed by atoms with Gasteiger partial charge in [0.25, 0.3) is 0 Å². The molecule has 1 heterocycles. The Balaban J connectivity index is 0.00000200. The molecule has 0 spiro atoms. The minimum Gasteiger partial charge on any atom is -0.870 e. The van der Waals surface area contributed by atoms with Gasteiger partial charge in [-0.15, -0.1) is 6.58 Å². The molecule has 0 amide bonds. The van der Waals surface area contributed by atoms with Gasteiger partial charge in [0, 0.05) is 11.0 Å². The Morgan fingerprint density at radius 1 is 1.40 bits per heavy atom. The number of nitrogens with zero attached hydrogens (tertiary/aromatic N) is 1. The summed E-state index contributed by atoms with van der Waals surface area (Å²) in [5.41, 5.74) is 1.19. The van der Waals surface area contributed by atoms with Crippen LogP contribution in [0.25, 0.3) is 0 Å². The molecule has 2 rings (SSSR count). The number of hydrogen-bond donors (Lipinski definition) is 1. The maximum atomic E-state index is 9.67. The fraction of sp³-hybridized carbons (Fsp3) is 0.438. The van der Waals surface area contributed by atoms with Crippen LogP contribution in [0.3, 0.4) is 0 Å². The van der Waals surface area contributed by atoms with Crippen molar-refractivity contribution in [3.8, 4) is 0 Å². The Bertz CT molecular complexity index is 468. The van der Waals surface area contributed by atoms with Crippen LogP contribution in [-0.2, 0) is 4.74 Å². The second kappa shape index (κ2) is 6.79. The Labute approximate surface area is 120 Å². The maximum Gasteiger partial charge on any atom is 0.234 e. The molecule has 0 saturated carbocycles. The highest BCUT2D eigenvalue weighted by molar-refractivity contribution is 5.56. The van der Waals surface area contributed by atoms with E-state index >= 15 is 0 Å². The SMILES string of the molecule is C=CC(C)(C)C[N+]1=CC(O)OC[C@H]1c1ccccc1.[OH-]. The normalized spacial score (nSPS) is 22.6. The molecular formula is C16H23NO3. The zero-order chi connectivity index (χ0) is 13.9. The molecule has 110 valence electrons. The van der Waals surface area contributed by atoms with E-state index in [4.69, 9.17) is 4.74 Å². The lowest BCUT2D eigenvalue weighted by Gasteiger charge is -2.27. The lowest BCUT2D eigenvalue weighted by molar-refractivity contribution is -0.594. The van der Waals surface area contributed by atoms with Crippen LogP contribution in [0.5, 0.6) is 0 Å². The maximum absolute atomic E-state index is 9.67. The van der Waals surface area contributed by atoms with Crippen molar-refractivity contribution in [2.24, 2.45) is 5.41 Å². The monoisotopic (exact) mass is 277 g/mol. The van der Waals surface area contributed by atoms with E-state index in [0.29, 0.717) is 6.61 Å². The molecule has 0 saturated heterocycles. The van der Waals surface area contributed by atoms with E-state index in [1.54, 1.807) is 6.21 Å². The molecule has 2 atom stereocenters. The van der Waals surface area contributed by atoms with Crippen molar-refractivity contribution in [2.45, 2.75) is 26.2 Å². The van der Waals surface area contributed by atoms with Crippen molar-refractivity contribution in [1.29, 1.82) is 0 Å². The fourth-order valence-corrected chi connectivity index (χ4v) is 2.26. The fourth-order valence-electron chi connectivity index (χ4n) is 2.26. The molecule has 1 aliphatic heterocycles. The van der Waals surface area contributed by atoms with Gasteiger partial charge in [0.1, 0.15) is 6.61 Å². The third kappa shape index (κ3) is 4.00. The third-order valence-corrected chi connectivity index (χ3v) is 3.47. The molecule has 0 radical (unpaired) electrons. The van der Waals surface area contributed by atoms with E-state index in [2.05, 4.69) is 37.1 Å². The van der Waals surface area contributed by atoms with Gasteiger partial charge in [0.2, 0.25) is 12.3 Å². The van der Waals surface area contributed by atoms with Crippen molar-refractivity contribution in [1.82, 2.24) is 0 Å². The van der Waals surface area contributed by atoms with Gasteiger partial charge in [0.05, 0.1) is 0 Å². The number of ether oxygens (including phenoxy) is 1. The smallest absolute Gasteiger partial charge is 0.234 e. The quantitative estimate of drug-likeness (QED) is 0.678. The van der Waals surface area contributed by atoms with Crippen LogP contribution >= 0.6 is 0 Å². The van der Waals surface area contributed by atoms with Crippen LogP contribution in [-0.4, -0.2) is 40.8 Å². The molecule has 0 aliphatic carbocycles. The second-order valence-electron chi connectivity index (χ2n) is 5.66. The summed E-state index contributed by atoms with van der Waals surface area (Å²) in [5.74, 6) is 0. The van der Waals surface area contributed by atoms with Gasteiger partial charge in [-0.2, -0.15) is 0 Å². The highest BCUT2D eigenvalue weighted by atomic mass is 16.6. The van der Waals surface area contributed by atoms with E-state index in [1.807, 2.05) is 24.3 Å². The summed E-state index contributed by atoms with van der Waals surface area (Å²) in [6.45, 7) is 9.45. The van der Waals surface area contributed by atoms with Crippen LogP contribution in [0.15, 0.2) is 43.0 Å². The van der Waals surface area contributed by atoms with E-state index in [-0.39, 0.29) is 16.9 Å². The van der Waals surface area contributed by atoms with E-state index in [9.17, 15) is 5.11 Å². The Morgan fingerprint density at radius 2 is 2.05 bits per heavy atom. The van der Waals surface area contributed by atoms with Crippen molar-refractivity contribution in [3.05, 3.63) is 48.6 Å². The van der Waals surface area contributed by atoms with Crippen LogP contribution in [0.1, 0.15) is 25.5 Å². The summed E-state index contributed by atoms with van der Waals surface area (Å²) in [7, 11) is 0. The molecule has 1 aromatic rings. The zero-order valence-electron chi connectivity index (χ0n) is 12.1. The minimum absolute atomic E-state index is 0. The molecule has 0 bridgehead atoms. The van der Waals surface area contributed by atoms with Gasteiger partial charge in [-0.3, -0.25) is 0 Å². The number of benzene rings is 1. The van der Waals surface area contributed by atoms with E-state index in [0.717, 1.165) is 6.54 Å². The molecule has 1 unspecified atom stereocenters. The van der Waals surface area contributed by atoms with Gasteiger partial charge < -0.3 is 15.3 Å². The zero-order valence-corrected chi connectivity index (χ0v) is 12.1. The third-order valence-electron chi connectivity index (χ3n) is 3.47. The summed E-state index contributed by atoms with van der Waals surface area (Å²) in [5, 5.41) is 9.67. The van der Waals surface area contributed by atoms with Crippen molar-refractivity contribution >= 4 is 6.21 Å². The second-order valence-corrected chi connectivity index (χ2v) is 5.66. The van der Waals surface area contributed by atoms with Crippen LogP contribution in [0.2, 0.25) is 0 Å². The molecule has 2 N–H and O–H groups in total. The standard InChI is InChI=1S/C16H22NO2.H2O/c1-4-16(2,3)12-17-10-15(18)19-11-14(17)13-8-6-5-7-9-13;/h4-10,14-15,18H,1,11-12H2,2-3H3;1H2/q+1;/p-1/t14-,15?;/m0./s1. The van der Waals surface area contributed by atoms with Crippen LogP contribution in [0, 0.1) is 5.41 Å². The van der Waals surface area contributed by atoms with E-state index in [1.165, 1.54) is 5.56 Å². The molecule has 4 heteroatoms. The summed E-state index contributed by atoms with van der Waals surface area (Å²) in [4.78, 5) is 0. The molecule has 1 aliphatic rings. The van der Waals surface area contributed by atoms with Crippen molar-refractivity contribution < 1.29 is 19.9 Å². The lowest BCUT2D eigenvalue weighted by Crippen LogP contribution is -2.39. The molecule has 1 aromatic carbocycles. The van der Waals surface area contributed by atoms with Crippen LogP contribution in [0.4, 0.5) is 0 Å². The van der Waals surface area contributed by atoms with E-state index < -0.39 is 6.29 Å². The Hall–Kier alpha value is -1.49. The highest BCUT2D eigenvalue weighted by Gasteiger charge is 2.33. The number of aliphatic hydroxyl groups excluding tert-OH is 1. The average Bonchev–Trinajstić information content (AvgIpc) is 2.39. The first kappa shape index (κ1) is 16.6. The predicted octanol–water partition coefficient (Wildman–Crippen LogP) is 2.19. The largest absolute Gasteiger partial charge is 0.870 e. The number of hydrogen-bond acceptors (Lipinski definition) is 3. The summed E-state index contributed by atoms with van der Waals surface area (Å²) >= 11 is 0. The summed E-state index contributed by atoms with van der Waals surface area (Å²) in [6.07, 6.45) is 2.89. The number of aliphatic hydroxyl groups is 1. The molecule has 20 heavy (non-hydrogen) atoms. The van der Waals surface area contributed by atoms with Crippen molar-refractivity contribution in [3.63, 3.8) is 0 Å². The topological polar surface area (TPSA) is 62.5 Å². The first-order valence-corrected chi connectivity index (χ1v) is 6.61. The van der Waals surface area contributed by atoms with Gasteiger partial charge in [-0.1, -0.05) is 50.3 Å². The average molecular weight is 277 g/mol. The molecule has 0 aromatic heterocycles.